The lowest BCUT2D eigenvalue weighted by atomic mass is 10.1. The van der Waals surface area contributed by atoms with Crippen molar-refractivity contribution >= 4 is 26.0 Å². The van der Waals surface area contributed by atoms with Crippen molar-refractivity contribution in [3.8, 4) is 0 Å². The standard InChI is InChI=1S/C12H16BrN3O2S/c13-11-7-12(9-15-8-11)19(17,18)16-6-3-10-1-4-14-5-2-10/h1,7-9,14,16H,2-6H2. The molecule has 0 saturated carbocycles. The fourth-order valence-electron chi connectivity index (χ4n) is 1.87. The molecule has 0 aliphatic carbocycles. The molecule has 2 rings (SSSR count). The number of aromatic nitrogens is 1. The normalized spacial score (nSPS) is 16.2. The molecule has 5 nitrogen and oxygen atoms in total. The van der Waals surface area contributed by atoms with Crippen LogP contribution in [-0.2, 0) is 10.0 Å². The maximum absolute atomic E-state index is 12.0. The molecule has 0 bridgehead atoms. The molecule has 1 aromatic heterocycles. The summed E-state index contributed by atoms with van der Waals surface area (Å²) in [5.41, 5.74) is 1.30. The van der Waals surface area contributed by atoms with Crippen LogP contribution in [0.3, 0.4) is 0 Å². The Morgan fingerprint density at radius 1 is 1.42 bits per heavy atom. The Hall–Kier alpha value is -0.760. The van der Waals surface area contributed by atoms with Crippen molar-refractivity contribution in [1.82, 2.24) is 15.0 Å². The molecule has 0 saturated heterocycles. The largest absolute Gasteiger partial charge is 0.313 e. The number of nitrogens with one attached hydrogen (secondary N) is 2. The van der Waals surface area contributed by atoms with Crippen molar-refractivity contribution in [3.63, 3.8) is 0 Å². The van der Waals surface area contributed by atoms with Crippen molar-refractivity contribution in [2.45, 2.75) is 17.7 Å². The number of hydrogen-bond acceptors (Lipinski definition) is 4. The van der Waals surface area contributed by atoms with E-state index in [1.165, 1.54) is 11.8 Å². The van der Waals surface area contributed by atoms with Crippen molar-refractivity contribution in [2.24, 2.45) is 0 Å². The maximum Gasteiger partial charge on any atom is 0.242 e. The lowest BCUT2D eigenvalue weighted by molar-refractivity contribution is 0.579. The summed E-state index contributed by atoms with van der Waals surface area (Å²) in [7, 11) is -3.47. The molecule has 2 N–H and O–H groups in total. The summed E-state index contributed by atoms with van der Waals surface area (Å²) in [5, 5.41) is 3.22. The van der Waals surface area contributed by atoms with Gasteiger partial charge in [0.05, 0.1) is 0 Å². The van der Waals surface area contributed by atoms with Crippen LogP contribution < -0.4 is 10.0 Å². The van der Waals surface area contributed by atoms with Gasteiger partial charge in [0.25, 0.3) is 0 Å². The zero-order valence-corrected chi connectivity index (χ0v) is 12.8. The van der Waals surface area contributed by atoms with Crippen LogP contribution in [0.25, 0.3) is 0 Å². The predicted molar refractivity (Wildman–Crippen MR) is 77.3 cm³/mol. The maximum atomic E-state index is 12.0. The van der Waals surface area contributed by atoms with E-state index in [1.54, 1.807) is 12.3 Å². The van der Waals surface area contributed by atoms with Crippen molar-refractivity contribution in [3.05, 3.63) is 34.6 Å². The molecule has 0 atom stereocenters. The van der Waals surface area contributed by atoms with Gasteiger partial charge in [-0.15, -0.1) is 0 Å². The second-order valence-corrected chi connectivity index (χ2v) is 6.99. The van der Waals surface area contributed by atoms with E-state index < -0.39 is 10.0 Å². The van der Waals surface area contributed by atoms with E-state index in [0.717, 1.165) is 25.9 Å². The average Bonchev–Trinajstić information content (AvgIpc) is 2.40. The lowest BCUT2D eigenvalue weighted by Crippen LogP contribution is -2.27. The highest BCUT2D eigenvalue weighted by molar-refractivity contribution is 9.10. The van der Waals surface area contributed by atoms with Crippen LogP contribution in [0.2, 0.25) is 0 Å². The van der Waals surface area contributed by atoms with Gasteiger partial charge in [0.2, 0.25) is 10.0 Å². The number of halogens is 1. The second kappa shape index (κ2) is 6.60. The van der Waals surface area contributed by atoms with E-state index in [1.807, 2.05) is 0 Å². The van der Waals surface area contributed by atoms with Gasteiger partial charge < -0.3 is 5.32 Å². The highest BCUT2D eigenvalue weighted by atomic mass is 79.9. The van der Waals surface area contributed by atoms with Crippen molar-refractivity contribution in [1.29, 1.82) is 0 Å². The molecule has 19 heavy (non-hydrogen) atoms. The van der Waals surface area contributed by atoms with Crippen LogP contribution in [-0.4, -0.2) is 33.0 Å². The summed E-state index contributed by atoms with van der Waals surface area (Å²) in [4.78, 5) is 4.04. The summed E-state index contributed by atoms with van der Waals surface area (Å²) in [5.74, 6) is 0. The third kappa shape index (κ3) is 4.38. The van der Waals surface area contributed by atoms with Crippen LogP contribution in [0.15, 0.2) is 39.5 Å². The molecule has 0 amide bonds. The number of sulfonamides is 1. The van der Waals surface area contributed by atoms with Gasteiger partial charge in [-0.3, -0.25) is 4.98 Å². The Kier molecular flexibility index (Phi) is 5.09. The third-order valence-electron chi connectivity index (χ3n) is 2.89. The zero-order valence-electron chi connectivity index (χ0n) is 10.4. The lowest BCUT2D eigenvalue weighted by Gasteiger charge is -2.14. The molecule has 7 heteroatoms. The minimum absolute atomic E-state index is 0.182. The van der Waals surface area contributed by atoms with Gasteiger partial charge >= 0.3 is 0 Å². The van der Waals surface area contributed by atoms with Crippen LogP contribution >= 0.6 is 15.9 Å². The predicted octanol–water partition coefficient (Wildman–Crippen LogP) is 1.43. The van der Waals surface area contributed by atoms with Crippen molar-refractivity contribution < 1.29 is 8.42 Å². The van der Waals surface area contributed by atoms with E-state index in [2.05, 4.69) is 37.0 Å². The Bertz CT molecular complexity index is 572. The molecule has 0 radical (unpaired) electrons. The SMILES string of the molecule is O=S(=O)(NCCC1=CCNCC1)c1cncc(Br)c1. The first-order chi connectivity index (χ1) is 9.08. The Morgan fingerprint density at radius 3 is 2.95 bits per heavy atom. The average molecular weight is 346 g/mol. The van der Waals surface area contributed by atoms with Gasteiger partial charge in [0.15, 0.2) is 0 Å². The van der Waals surface area contributed by atoms with Gasteiger partial charge in [0, 0.05) is 30.0 Å². The molecular formula is C12H16BrN3O2S. The van der Waals surface area contributed by atoms with Crippen LogP contribution in [0, 0.1) is 0 Å². The first kappa shape index (κ1) is 14.6. The third-order valence-corrected chi connectivity index (χ3v) is 4.75. The fourth-order valence-corrected chi connectivity index (χ4v) is 3.40. The minimum Gasteiger partial charge on any atom is -0.313 e. The van der Waals surface area contributed by atoms with E-state index in [4.69, 9.17) is 0 Å². The first-order valence-electron chi connectivity index (χ1n) is 6.07. The van der Waals surface area contributed by atoms with Gasteiger partial charge in [-0.25, -0.2) is 13.1 Å². The van der Waals surface area contributed by atoms with E-state index in [-0.39, 0.29) is 4.90 Å². The summed E-state index contributed by atoms with van der Waals surface area (Å²) >= 11 is 3.21. The van der Waals surface area contributed by atoms with Gasteiger partial charge in [-0.05, 0) is 41.4 Å². The number of nitrogens with zero attached hydrogens (tertiary/aromatic N) is 1. The summed E-state index contributed by atoms with van der Waals surface area (Å²) in [6.07, 6.45) is 6.76. The van der Waals surface area contributed by atoms with Gasteiger partial charge in [-0.2, -0.15) is 0 Å². The molecule has 0 unspecified atom stereocenters. The molecule has 1 aliphatic heterocycles. The number of hydrogen-bond donors (Lipinski definition) is 2. The molecule has 104 valence electrons. The van der Waals surface area contributed by atoms with Crippen LogP contribution in [0.1, 0.15) is 12.8 Å². The first-order valence-corrected chi connectivity index (χ1v) is 8.34. The second-order valence-electron chi connectivity index (χ2n) is 4.30. The summed E-state index contributed by atoms with van der Waals surface area (Å²) < 4.78 is 27.3. The highest BCUT2D eigenvalue weighted by Gasteiger charge is 2.14. The molecule has 0 fully saturated rings. The fraction of sp³-hybridized carbons (Fsp3) is 0.417. The van der Waals surface area contributed by atoms with Gasteiger partial charge in [0.1, 0.15) is 4.90 Å². The molecule has 1 aromatic rings. The minimum atomic E-state index is -3.47. The Balaban J connectivity index is 1.92. The summed E-state index contributed by atoms with van der Waals surface area (Å²) in [6.45, 7) is 2.26. The van der Waals surface area contributed by atoms with E-state index in [0.29, 0.717) is 11.0 Å². The Labute approximate surface area is 121 Å². The van der Waals surface area contributed by atoms with Crippen LogP contribution in [0.4, 0.5) is 0 Å². The molecule has 0 aromatic carbocycles. The smallest absolute Gasteiger partial charge is 0.242 e. The number of rotatable bonds is 5. The Morgan fingerprint density at radius 2 is 2.26 bits per heavy atom. The quantitative estimate of drug-likeness (QED) is 0.792. The molecule has 1 aliphatic rings. The van der Waals surface area contributed by atoms with Gasteiger partial charge in [-0.1, -0.05) is 11.6 Å². The van der Waals surface area contributed by atoms with Crippen molar-refractivity contribution in [2.75, 3.05) is 19.6 Å². The van der Waals surface area contributed by atoms with E-state index in [9.17, 15) is 8.42 Å². The van der Waals surface area contributed by atoms with E-state index >= 15 is 0 Å². The molecular weight excluding hydrogens is 330 g/mol. The molecule has 0 spiro atoms. The zero-order chi connectivity index (χ0) is 13.7. The van der Waals surface area contributed by atoms with Crippen LogP contribution in [0.5, 0.6) is 0 Å². The topological polar surface area (TPSA) is 71.1 Å². The highest BCUT2D eigenvalue weighted by Crippen LogP contribution is 2.14. The molecule has 2 heterocycles. The monoisotopic (exact) mass is 345 g/mol. The summed E-state index contributed by atoms with van der Waals surface area (Å²) in [6, 6.07) is 1.54. The number of pyridine rings is 1.